The van der Waals surface area contributed by atoms with E-state index in [0.717, 1.165) is 25.0 Å². The Bertz CT molecular complexity index is 513. The highest BCUT2D eigenvalue weighted by molar-refractivity contribution is 7.13. The van der Waals surface area contributed by atoms with Crippen molar-refractivity contribution < 1.29 is 5.11 Å². The van der Waals surface area contributed by atoms with Crippen molar-refractivity contribution in [2.45, 2.75) is 31.8 Å². The molecule has 0 saturated heterocycles. The average Bonchev–Trinajstić information content (AvgIpc) is 2.81. The van der Waals surface area contributed by atoms with Gasteiger partial charge in [0.15, 0.2) is 0 Å². The maximum atomic E-state index is 9.85. The number of rotatable bonds is 2. The molecule has 2 aromatic rings. The molecule has 3 heteroatoms. The molecule has 0 unspecified atom stereocenters. The third kappa shape index (κ3) is 1.66. The van der Waals surface area contributed by atoms with Crippen LogP contribution in [0, 0.1) is 6.92 Å². The van der Waals surface area contributed by atoms with Gasteiger partial charge >= 0.3 is 0 Å². The van der Waals surface area contributed by atoms with Gasteiger partial charge in [0, 0.05) is 11.8 Å². The Morgan fingerprint density at radius 1 is 1.47 bits per heavy atom. The van der Waals surface area contributed by atoms with Crippen molar-refractivity contribution in [3.05, 3.63) is 29.5 Å². The van der Waals surface area contributed by atoms with E-state index in [1.807, 2.05) is 6.92 Å². The minimum atomic E-state index is -0.395. The van der Waals surface area contributed by atoms with Gasteiger partial charge < -0.3 is 5.11 Å². The van der Waals surface area contributed by atoms with Crippen molar-refractivity contribution in [1.29, 1.82) is 0 Å². The molecule has 78 valence electrons. The first-order chi connectivity index (χ1) is 7.16. The van der Waals surface area contributed by atoms with E-state index in [1.54, 1.807) is 11.5 Å². The molecule has 0 aliphatic heterocycles. The SMILES string of the molecule is Cc1nsc2cc(CC3(O)CC3)ccc12. The highest BCUT2D eigenvalue weighted by Gasteiger charge is 2.40. The summed E-state index contributed by atoms with van der Waals surface area (Å²) in [6.07, 6.45) is 2.69. The van der Waals surface area contributed by atoms with Crippen molar-refractivity contribution >= 4 is 21.6 Å². The Morgan fingerprint density at radius 3 is 3.00 bits per heavy atom. The van der Waals surface area contributed by atoms with Crippen LogP contribution in [0.25, 0.3) is 10.1 Å². The zero-order valence-corrected chi connectivity index (χ0v) is 9.47. The van der Waals surface area contributed by atoms with E-state index in [2.05, 4.69) is 22.6 Å². The summed E-state index contributed by atoms with van der Waals surface area (Å²) in [6, 6.07) is 6.39. The molecular weight excluding hydrogens is 206 g/mol. The van der Waals surface area contributed by atoms with Crippen molar-refractivity contribution in [3.63, 3.8) is 0 Å². The van der Waals surface area contributed by atoms with Crippen LogP contribution < -0.4 is 0 Å². The van der Waals surface area contributed by atoms with Crippen LogP contribution in [0.4, 0.5) is 0 Å². The number of aliphatic hydroxyl groups is 1. The number of aromatic nitrogens is 1. The van der Waals surface area contributed by atoms with Gasteiger partial charge in [0.05, 0.1) is 16.0 Å². The normalized spacial score (nSPS) is 18.3. The summed E-state index contributed by atoms with van der Waals surface area (Å²) in [5.41, 5.74) is 1.94. The standard InChI is InChI=1S/C12H13NOS/c1-8-10-3-2-9(6-11(10)15-13-8)7-12(14)4-5-12/h2-3,6,14H,4-5,7H2,1H3. The summed E-state index contributed by atoms with van der Waals surface area (Å²) >= 11 is 1.54. The molecule has 15 heavy (non-hydrogen) atoms. The number of benzene rings is 1. The Morgan fingerprint density at radius 2 is 2.27 bits per heavy atom. The number of aryl methyl sites for hydroxylation is 1. The first-order valence-corrected chi connectivity index (χ1v) is 6.01. The molecule has 0 bridgehead atoms. The van der Waals surface area contributed by atoms with Gasteiger partial charge in [-0.15, -0.1) is 0 Å². The number of nitrogens with zero attached hydrogens (tertiary/aromatic N) is 1. The van der Waals surface area contributed by atoms with Crippen LogP contribution in [0.3, 0.4) is 0 Å². The molecule has 3 rings (SSSR count). The molecule has 1 aliphatic rings. The van der Waals surface area contributed by atoms with E-state index in [-0.39, 0.29) is 0 Å². The van der Waals surface area contributed by atoms with E-state index < -0.39 is 5.60 Å². The topological polar surface area (TPSA) is 33.1 Å². The van der Waals surface area contributed by atoms with Crippen LogP contribution in [0.2, 0.25) is 0 Å². The first-order valence-electron chi connectivity index (χ1n) is 5.24. The fourth-order valence-electron chi connectivity index (χ4n) is 1.92. The van der Waals surface area contributed by atoms with E-state index in [0.29, 0.717) is 0 Å². The lowest BCUT2D eigenvalue weighted by Crippen LogP contribution is -2.10. The molecule has 1 aliphatic carbocycles. The van der Waals surface area contributed by atoms with Crippen molar-refractivity contribution in [3.8, 4) is 0 Å². The summed E-state index contributed by atoms with van der Waals surface area (Å²) in [5, 5.41) is 11.1. The zero-order chi connectivity index (χ0) is 10.5. The van der Waals surface area contributed by atoms with Crippen LogP contribution in [-0.4, -0.2) is 15.1 Å². The van der Waals surface area contributed by atoms with Gasteiger partial charge in [-0.3, -0.25) is 0 Å². The maximum Gasteiger partial charge on any atom is 0.0690 e. The second-order valence-corrected chi connectivity index (χ2v) is 5.30. The molecule has 1 aromatic heterocycles. The van der Waals surface area contributed by atoms with Crippen LogP contribution in [-0.2, 0) is 6.42 Å². The molecule has 2 nitrogen and oxygen atoms in total. The summed E-state index contributed by atoms with van der Waals surface area (Å²) in [5.74, 6) is 0. The zero-order valence-electron chi connectivity index (χ0n) is 8.66. The fourth-order valence-corrected chi connectivity index (χ4v) is 2.77. The van der Waals surface area contributed by atoms with Gasteiger partial charge in [0.25, 0.3) is 0 Å². The Kier molecular flexibility index (Phi) is 1.88. The molecule has 0 amide bonds. The minimum Gasteiger partial charge on any atom is -0.390 e. The van der Waals surface area contributed by atoms with E-state index >= 15 is 0 Å². The third-order valence-corrected chi connectivity index (χ3v) is 3.98. The monoisotopic (exact) mass is 219 g/mol. The lowest BCUT2D eigenvalue weighted by Gasteiger charge is -2.06. The van der Waals surface area contributed by atoms with E-state index in [1.165, 1.54) is 15.6 Å². The molecule has 1 N–H and O–H groups in total. The lowest BCUT2D eigenvalue weighted by atomic mass is 10.1. The van der Waals surface area contributed by atoms with Crippen LogP contribution in [0.15, 0.2) is 18.2 Å². The predicted molar refractivity (Wildman–Crippen MR) is 62.2 cm³/mol. The quantitative estimate of drug-likeness (QED) is 0.842. The molecule has 1 aromatic carbocycles. The molecule has 0 atom stereocenters. The molecule has 1 heterocycles. The highest BCUT2D eigenvalue weighted by Crippen LogP contribution is 2.38. The van der Waals surface area contributed by atoms with E-state index in [9.17, 15) is 5.11 Å². The molecule has 1 saturated carbocycles. The number of fused-ring (bicyclic) bond motifs is 1. The molecule has 1 fully saturated rings. The summed E-state index contributed by atoms with van der Waals surface area (Å²) in [7, 11) is 0. The van der Waals surface area contributed by atoms with Gasteiger partial charge in [0.2, 0.25) is 0 Å². The van der Waals surface area contributed by atoms with Gasteiger partial charge in [-0.1, -0.05) is 12.1 Å². The summed E-state index contributed by atoms with van der Waals surface area (Å²) < 4.78 is 5.56. The number of hydrogen-bond donors (Lipinski definition) is 1. The maximum absolute atomic E-state index is 9.85. The summed E-state index contributed by atoms with van der Waals surface area (Å²) in [4.78, 5) is 0. The minimum absolute atomic E-state index is 0.395. The van der Waals surface area contributed by atoms with Crippen molar-refractivity contribution in [2.24, 2.45) is 0 Å². The van der Waals surface area contributed by atoms with Gasteiger partial charge in [0.1, 0.15) is 0 Å². The average molecular weight is 219 g/mol. The Labute approximate surface area is 92.7 Å². The third-order valence-electron chi connectivity index (χ3n) is 3.08. The first kappa shape index (κ1) is 9.31. The fraction of sp³-hybridized carbons (Fsp3) is 0.417. The predicted octanol–water partition coefficient (Wildman–Crippen LogP) is 2.67. The van der Waals surface area contributed by atoms with Crippen LogP contribution >= 0.6 is 11.5 Å². The molecule has 0 radical (unpaired) electrons. The second-order valence-electron chi connectivity index (χ2n) is 4.50. The number of hydrogen-bond acceptors (Lipinski definition) is 3. The Hall–Kier alpha value is -0.930. The molecular formula is C12H13NOS. The van der Waals surface area contributed by atoms with Crippen molar-refractivity contribution in [1.82, 2.24) is 4.37 Å². The lowest BCUT2D eigenvalue weighted by molar-refractivity contribution is 0.151. The summed E-state index contributed by atoms with van der Waals surface area (Å²) in [6.45, 7) is 2.03. The van der Waals surface area contributed by atoms with Crippen molar-refractivity contribution in [2.75, 3.05) is 0 Å². The smallest absolute Gasteiger partial charge is 0.0690 e. The second kappa shape index (κ2) is 3.03. The Balaban J connectivity index is 1.99. The van der Waals surface area contributed by atoms with Gasteiger partial charge in [-0.25, -0.2) is 0 Å². The largest absolute Gasteiger partial charge is 0.390 e. The van der Waals surface area contributed by atoms with Crippen LogP contribution in [0.5, 0.6) is 0 Å². The van der Waals surface area contributed by atoms with E-state index in [4.69, 9.17) is 0 Å². The van der Waals surface area contributed by atoms with Crippen LogP contribution in [0.1, 0.15) is 24.1 Å². The highest BCUT2D eigenvalue weighted by atomic mass is 32.1. The van der Waals surface area contributed by atoms with Gasteiger partial charge in [-0.05, 0) is 42.9 Å². The van der Waals surface area contributed by atoms with Gasteiger partial charge in [-0.2, -0.15) is 4.37 Å². The molecule has 0 spiro atoms.